The molecular formula is C22H28ClN3O2. The maximum Gasteiger partial charge on any atom is 0.255 e. The Morgan fingerprint density at radius 1 is 1.21 bits per heavy atom. The quantitative estimate of drug-likeness (QED) is 0.730. The maximum atomic E-state index is 12.3. The molecule has 2 aromatic carbocycles. The van der Waals surface area contributed by atoms with E-state index >= 15 is 0 Å². The van der Waals surface area contributed by atoms with Gasteiger partial charge >= 0.3 is 0 Å². The number of hydrogen-bond acceptors (Lipinski definition) is 4. The first-order valence-electron chi connectivity index (χ1n) is 9.72. The number of halogens is 1. The summed E-state index contributed by atoms with van der Waals surface area (Å²) in [5.74, 6) is -0.160. The van der Waals surface area contributed by atoms with Gasteiger partial charge in [-0.2, -0.15) is 0 Å². The van der Waals surface area contributed by atoms with Crippen LogP contribution in [0.15, 0.2) is 48.5 Å². The zero-order valence-corrected chi connectivity index (χ0v) is 17.2. The zero-order chi connectivity index (χ0) is 19.9. The molecule has 1 aliphatic rings. The van der Waals surface area contributed by atoms with Crippen LogP contribution in [-0.2, 0) is 4.74 Å². The summed E-state index contributed by atoms with van der Waals surface area (Å²) in [6, 6.07) is 15.9. The summed E-state index contributed by atoms with van der Waals surface area (Å²) >= 11 is 5.96. The van der Waals surface area contributed by atoms with Crippen LogP contribution in [0.5, 0.6) is 0 Å². The Kier molecular flexibility index (Phi) is 7.31. The van der Waals surface area contributed by atoms with Gasteiger partial charge in [0.15, 0.2) is 0 Å². The van der Waals surface area contributed by atoms with E-state index in [0.717, 1.165) is 38.2 Å². The lowest BCUT2D eigenvalue weighted by molar-refractivity contribution is 0.102. The number of ether oxygens (including phenoxy) is 1. The number of methoxy groups -OCH3 is 1. The second-order valence-corrected chi connectivity index (χ2v) is 7.73. The van der Waals surface area contributed by atoms with Crippen molar-refractivity contribution in [3.05, 3.63) is 59.1 Å². The first-order chi connectivity index (χ1) is 13.5. The van der Waals surface area contributed by atoms with E-state index in [1.54, 1.807) is 31.4 Å². The van der Waals surface area contributed by atoms with Crippen LogP contribution in [0.4, 0.5) is 11.4 Å². The van der Waals surface area contributed by atoms with Crippen molar-refractivity contribution in [3.63, 3.8) is 0 Å². The fourth-order valence-electron chi connectivity index (χ4n) is 3.59. The summed E-state index contributed by atoms with van der Waals surface area (Å²) in [7, 11) is 1.74. The van der Waals surface area contributed by atoms with Crippen molar-refractivity contribution >= 4 is 28.9 Å². The number of piperidine rings is 1. The third-order valence-electron chi connectivity index (χ3n) is 5.01. The SMILES string of the molecule is COC[C@@H](C)NC1CCN(c2ccc(NC(=O)c3cccc(Cl)c3)cc2)CC1. The van der Waals surface area contributed by atoms with Crippen LogP contribution in [0.2, 0.25) is 5.02 Å². The molecule has 2 aromatic rings. The third kappa shape index (κ3) is 5.71. The highest BCUT2D eigenvalue weighted by Gasteiger charge is 2.20. The summed E-state index contributed by atoms with van der Waals surface area (Å²) in [4.78, 5) is 14.7. The molecule has 1 fully saturated rings. The first-order valence-corrected chi connectivity index (χ1v) is 10.1. The van der Waals surface area contributed by atoms with Crippen molar-refractivity contribution in [3.8, 4) is 0 Å². The highest BCUT2D eigenvalue weighted by molar-refractivity contribution is 6.31. The van der Waals surface area contributed by atoms with Gasteiger partial charge in [0.05, 0.1) is 6.61 Å². The Hall–Kier alpha value is -2.08. The molecule has 150 valence electrons. The molecule has 28 heavy (non-hydrogen) atoms. The van der Waals surface area contributed by atoms with Gasteiger partial charge in [-0.25, -0.2) is 0 Å². The summed E-state index contributed by atoms with van der Waals surface area (Å²) in [5.41, 5.74) is 2.51. The second-order valence-electron chi connectivity index (χ2n) is 7.30. The second kappa shape index (κ2) is 9.92. The number of carbonyl (C=O) groups excluding carboxylic acids is 1. The van der Waals surface area contributed by atoms with E-state index < -0.39 is 0 Å². The van der Waals surface area contributed by atoms with Crippen LogP contribution in [0.3, 0.4) is 0 Å². The van der Waals surface area contributed by atoms with Gasteiger partial charge in [0, 0.05) is 54.2 Å². The normalized spacial score (nSPS) is 16.0. The summed E-state index contributed by atoms with van der Waals surface area (Å²) in [5, 5.41) is 7.10. The molecule has 1 aliphatic heterocycles. The monoisotopic (exact) mass is 401 g/mol. The van der Waals surface area contributed by atoms with Gasteiger partial charge in [0.2, 0.25) is 0 Å². The van der Waals surface area contributed by atoms with Crippen LogP contribution in [-0.4, -0.2) is 44.8 Å². The lowest BCUT2D eigenvalue weighted by atomic mass is 10.0. The minimum Gasteiger partial charge on any atom is -0.383 e. The lowest BCUT2D eigenvalue weighted by Crippen LogP contribution is -2.46. The molecule has 0 aliphatic carbocycles. The molecule has 1 amide bonds. The number of nitrogens with one attached hydrogen (secondary N) is 2. The minimum absolute atomic E-state index is 0.160. The van der Waals surface area contributed by atoms with E-state index in [1.807, 2.05) is 12.1 Å². The van der Waals surface area contributed by atoms with Crippen molar-refractivity contribution in [1.29, 1.82) is 0 Å². The van der Waals surface area contributed by atoms with Crippen molar-refractivity contribution in [1.82, 2.24) is 5.32 Å². The Morgan fingerprint density at radius 3 is 2.57 bits per heavy atom. The summed E-state index contributed by atoms with van der Waals surface area (Å²) in [6.45, 7) is 4.94. The Morgan fingerprint density at radius 2 is 1.93 bits per heavy atom. The molecule has 1 atom stereocenters. The van der Waals surface area contributed by atoms with Crippen LogP contribution in [0.25, 0.3) is 0 Å². The van der Waals surface area contributed by atoms with Crippen LogP contribution in [0, 0.1) is 0 Å². The van der Waals surface area contributed by atoms with Gasteiger partial charge in [0.25, 0.3) is 5.91 Å². The smallest absolute Gasteiger partial charge is 0.255 e. The van der Waals surface area contributed by atoms with Crippen molar-refractivity contribution in [2.75, 3.05) is 37.0 Å². The number of rotatable bonds is 7. The predicted octanol–water partition coefficient (Wildman–Crippen LogP) is 4.19. The van der Waals surface area contributed by atoms with Gasteiger partial charge in [-0.05, 0) is 62.2 Å². The van der Waals surface area contributed by atoms with Crippen LogP contribution in [0.1, 0.15) is 30.1 Å². The van der Waals surface area contributed by atoms with Gasteiger partial charge in [-0.3, -0.25) is 4.79 Å². The van der Waals surface area contributed by atoms with Gasteiger partial charge < -0.3 is 20.3 Å². The molecular weight excluding hydrogens is 374 g/mol. The van der Waals surface area contributed by atoms with E-state index in [9.17, 15) is 4.79 Å². The molecule has 0 bridgehead atoms. The van der Waals surface area contributed by atoms with Crippen LogP contribution >= 0.6 is 11.6 Å². The molecule has 6 heteroatoms. The predicted molar refractivity (Wildman–Crippen MR) is 116 cm³/mol. The summed E-state index contributed by atoms with van der Waals surface area (Å²) < 4.78 is 5.20. The standard InChI is InChI=1S/C22H28ClN3O2/c1-16(15-28-2)24-20-10-12-26(13-11-20)21-8-6-19(7-9-21)25-22(27)17-4-3-5-18(23)14-17/h3-9,14,16,20,24H,10-13,15H2,1-2H3,(H,25,27)/t16-/m1/s1. The third-order valence-corrected chi connectivity index (χ3v) is 5.24. The number of hydrogen-bond donors (Lipinski definition) is 2. The van der Waals surface area contributed by atoms with E-state index in [2.05, 4.69) is 34.6 Å². The molecule has 0 aromatic heterocycles. The molecule has 0 saturated carbocycles. The molecule has 2 N–H and O–H groups in total. The lowest BCUT2D eigenvalue weighted by Gasteiger charge is -2.35. The fourth-order valence-corrected chi connectivity index (χ4v) is 3.78. The van der Waals surface area contributed by atoms with Crippen molar-refractivity contribution in [2.45, 2.75) is 31.8 Å². The molecule has 0 spiro atoms. The average Bonchev–Trinajstić information content (AvgIpc) is 2.69. The van der Waals surface area contributed by atoms with Crippen molar-refractivity contribution < 1.29 is 9.53 Å². The number of amides is 1. The average molecular weight is 402 g/mol. The van der Waals surface area contributed by atoms with E-state index in [1.165, 1.54) is 5.69 Å². The molecule has 1 heterocycles. The van der Waals surface area contributed by atoms with Gasteiger partial charge in [-0.1, -0.05) is 17.7 Å². The van der Waals surface area contributed by atoms with E-state index in [-0.39, 0.29) is 5.91 Å². The van der Waals surface area contributed by atoms with Crippen molar-refractivity contribution in [2.24, 2.45) is 0 Å². The first kappa shape index (κ1) is 20.6. The van der Waals surface area contributed by atoms with Gasteiger partial charge in [-0.15, -0.1) is 0 Å². The Balaban J connectivity index is 1.51. The maximum absolute atomic E-state index is 12.3. The highest BCUT2D eigenvalue weighted by atomic mass is 35.5. The van der Waals surface area contributed by atoms with Crippen LogP contribution < -0.4 is 15.5 Å². The zero-order valence-electron chi connectivity index (χ0n) is 16.5. The molecule has 5 nitrogen and oxygen atoms in total. The largest absolute Gasteiger partial charge is 0.383 e. The van der Waals surface area contributed by atoms with Gasteiger partial charge in [0.1, 0.15) is 0 Å². The number of benzene rings is 2. The summed E-state index contributed by atoms with van der Waals surface area (Å²) in [6.07, 6.45) is 2.22. The Bertz CT molecular complexity index is 774. The molecule has 1 saturated heterocycles. The number of carbonyl (C=O) groups is 1. The molecule has 0 unspecified atom stereocenters. The Labute approximate surface area is 172 Å². The molecule has 0 radical (unpaired) electrons. The number of nitrogens with zero attached hydrogens (tertiary/aromatic N) is 1. The van der Waals surface area contributed by atoms with E-state index in [0.29, 0.717) is 22.7 Å². The molecule has 3 rings (SSSR count). The number of anilines is 2. The highest BCUT2D eigenvalue weighted by Crippen LogP contribution is 2.23. The fraction of sp³-hybridized carbons (Fsp3) is 0.409. The van der Waals surface area contributed by atoms with E-state index in [4.69, 9.17) is 16.3 Å². The minimum atomic E-state index is -0.160. The topological polar surface area (TPSA) is 53.6 Å².